The van der Waals surface area contributed by atoms with Gasteiger partial charge in [0.1, 0.15) is 17.5 Å². The van der Waals surface area contributed by atoms with Gasteiger partial charge in [0.2, 0.25) is 0 Å². The minimum Gasteiger partial charge on any atom is -0.328 e. The number of fused-ring (bicyclic) bond motifs is 1. The molecule has 0 saturated heterocycles. The van der Waals surface area contributed by atoms with E-state index in [9.17, 15) is 9.18 Å². The highest BCUT2D eigenvalue weighted by Gasteiger charge is 2.36. The van der Waals surface area contributed by atoms with Gasteiger partial charge in [0.05, 0.1) is 22.5 Å². The molecule has 4 rings (SSSR count). The molecule has 0 aliphatic heterocycles. The van der Waals surface area contributed by atoms with Crippen molar-refractivity contribution in [3.8, 4) is 11.3 Å². The van der Waals surface area contributed by atoms with Gasteiger partial charge in [-0.1, -0.05) is 19.9 Å². The maximum absolute atomic E-state index is 14.6. The summed E-state index contributed by atoms with van der Waals surface area (Å²) in [6.07, 6.45) is 2.91. The molecule has 0 saturated carbocycles. The third-order valence-corrected chi connectivity index (χ3v) is 6.01. The van der Waals surface area contributed by atoms with Crippen molar-refractivity contribution in [2.24, 2.45) is 0 Å². The van der Waals surface area contributed by atoms with Gasteiger partial charge in [-0.15, -0.1) is 10.2 Å². The van der Waals surface area contributed by atoms with Crippen molar-refractivity contribution in [3.05, 3.63) is 63.8 Å². The van der Waals surface area contributed by atoms with Crippen LogP contribution in [0.1, 0.15) is 50.8 Å². The number of aromatic amines is 2. The Kier molecular flexibility index (Phi) is 5.01. The number of aryl methyl sites for hydroxylation is 2. The van der Waals surface area contributed by atoms with Gasteiger partial charge in [0.25, 0.3) is 5.56 Å². The number of nitrogens with one attached hydrogen (secondary N) is 2. The fourth-order valence-electron chi connectivity index (χ4n) is 4.22. The number of H-pyrrole nitrogens is 2. The molecule has 4 aromatic rings. The van der Waals surface area contributed by atoms with Crippen molar-refractivity contribution in [1.82, 2.24) is 29.9 Å². The van der Waals surface area contributed by atoms with E-state index in [0.29, 0.717) is 58.8 Å². The third kappa shape index (κ3) is 3.03. The van der Waals surface area contributed by atoms with Crippen molar-refractivity contribution in [2.45, 2.75) is 52.5 Å². The Morgan fingerprint density at radius 2 is 1.87 bits per heavy atom. The zero-order chi connectivity index (χ0) is 21.5. The van der Waals surface area contributed by atoms with E-state index in [0.717, 1.165) is 0 Å². The first-order valence-corrected chi connectivity index (χ1v) is 10.2. The van der Waals surface area contributed by atoms with Gasteiger partial charge in [0, 0.05) is 23.4 Å². The molecule has 3 heterocycles. The van der Waals surface area contributed by atoms with Crippen LogP contribution in [-0.2, 0) is 12.0 Å². The highest BCUT2D eigenvalue weighted by molar-refractivity contribution is 5.84. The second-order valence-corrected chi connectivity index (χ2v) is 7.51. The van der Waals surface area contributed by atoms with Crippen LogP contribution in [-0.4, -0.2) is 29.9 Å². The number of hydrogen-bond acceptors (Lipinski definition) is 4. The van der Waals surface area contributed by atoms with Crippen LogP contribution in [0.25, 0.3) is 22.2 Å². The van der Waals surface area contributed by atoms with Crippen LogP contribution in [0, 0.1) is 12.7 Å². The fraction of sp³-hybridized carbons (Fsp3) is 0.364. The number of nitrogens with zero attached hydrogens (tertiary/aromatic N) is 4. The van der Waals surface area contributed by atoms with E-state index >= 15 is 0 Å². The van der Waals surface area contributed by atoms with E-state index in [1.807, 2.05) is 45.9 Å². The molecule has 7 nitrogen and oxygen atoms in total. The smallest absolute Gasteiger partial charge is 0.252 e. The predicted octanol–water partition coefficient (Wildman–Crippen LogP) is 4.08. The first-order valence-electron chi connectivity index (χ1n) is 10.2. The van der Waals surface area contributed by atoms with E-state index in [1.165, 1.54) is 12.3 Å². The number of hydrogen-bond donors (Lipinski definition) is 2. The summed E-state index contributed by atoms with van der Waals surface area (Å²) in [6, 6.07) is 6.93. The summed E-state index contributed by atoms with van der Waals surface area (Å²) >= 11 is 0. The lowest BCUT2D eigenvalue weighted by molar-refractivity contribution is 0.446. The molecule has 0 fully saturated rings. The molecule has 0 radical (unpaired) electrons. The monoisotopic (exact) mass is 408 g/mol. The van der Waals surface area contributed by atoms with Crippen LogP contribution in [0.15, 0.2) is 35.3 Å². The number of benzene rings is 1. The topological polar surface area (TPSA) is 92.2 Å². The molecule has 0 amide bonds. The van der Waals surface area contributed by atoms with Crippen LogP contribution in [0.3, 0.4) is 0 Å². The standard InChI is InChI=1S/C22H25FN6O/c1-5-22(6-2,21-25-13(4)27-28-21)16-8-9-18(26-20(16)30)14-10-17(23)15-12-24-29(7-3)19(15)11-14/h8-12H,5-7H2,1-4H3,(H,26,30)(H,25,27,28). The molecule has 0 aliphatic carbocycles. The SMILES string of the molecule is CCn1ncc2c(F)cc(-c3ccc(C(CC)(CC)c4nnc(C)[nH]4)c(=O)[nH]3)cc21. The van der Waals surface area contributed by atoms with E-state index in [2.05, 4.69) is 25.3 Å². The number of aromatic nitrogens is 6. The lowest BCUT2D eigenvalue weighted by Gasteiger charge is -2.28. The highest BCUT2D eigenvalue weighted by atomic mass is 19.1. The molecule has 156 valence electrons. The Labute approximate surface area is 173 Å². The van der Waals surface area contributed by atoms with Crippen molar-refractivity contribution >= 4 is 10.9 Å². The van der Waals surface area contributed by atoms with E-state index in [-0.39, 0.29) is 11.4 Å². The van der Waals surface area contributed by atoms with E-state index < -0.39 is 5.41 Å². The summed E-state index contributed by atoms with van der Waals surface area (Å²) in [5.74, 6) is 1.03. The minimum atomic E-state index is -0.566. The summed E-state index contributed by atoms with van der Waals surface area (Å²) in [6.45, 7) is 8.49. The largest absolute Gasteiger partial charge is 0.328 e. The second kappa shape index (κ2) is 7.51. The van der Waals surface area contributed by atoms with Gasteiger partial charge in [-0.3, -0.25) is 9.48 Å². The number of halogens is 1. The average Bonchev–Trinajstić information content (AvgIpc) is 3.37. The molecule has 0 aliphatic rings. The van der Waals surface area contributed by atoms with Gasteiger partial charge in [0.15, 0.2) is 0 Å². The van der Waals surface area contributed by atoms with E-state index in [4.69, 9.17) is 0 Å². The second-order valence-electron chi connectivity index (χ2n) is 7.51. The first-order chi connectivity index (χ1) is 14.4. The van der Waals surface area contributed by atoms with Crippen LogP contribution < -0.4 is 5.56 Å². The molecule has 0 unspecified atom stereocenters. The van der Waals surface area contributed by atoms with Gasteiger partial charge < -0.3 is 9.97 Å². The van der Waals surface area contributed by atoms with Crippen molar-refractivity contribution in [1.29, 1.82) is 0 Å². The van der Waals surface area contributed by atoms with Crippen molar-refractivity contribution < 1.29 is 4.39 Å². The normalized spacial score (nSPS) is 12.0. The Balaban J connectivity index is 1.84. The zero-order valence-corrected chi connectivity index (χ0v) is 17.6. The Morgan fingerprint density at radius 1 is 1.10 bits per heavy atom. The van der Waals surface area contributed by atoms with Gasteiger partial charge in [-0.25, -0.2) is 4.39 Å². The molecule has 0 atom stereocenters. The Bertz CT molecular complexity index is 1260. The summed E-state index contributed by atoms with van der Waals surface area (Å²) in [5.41, 5.74) is 1.70. The molecular formula is C22H25FN6O. The maximum atomic E-state index is 14.6. The van der Waals surface area contributed by atoms with Crippen LogP contribution in [0.2, 0.25) is 0 Å². The number of rotatable bonds is 6. The van der Waals surface area contributed by atoms with Crippen LogP contribution in [0.4, 0.5) is 4.39 Å². The highest BCUT2D eigenvalue weighted by Crippen LogP contribution is 2.35. The van der Waals surface area contributed by atoms with Gasteiger partial charge >= 0.3 is 0 Å². The van der Waals surface area contributed by atoms with Crippen LogP contribution in [0.5, 0.6) is 0 Å². The Hall–Kier alpha value is -3.29. The molecule has 3 aromatic heterocycles. The first kappa shape index (κ1) is 20.0. The predicted molar refractivity (Wildman–Crippen MR) is 114 cm³/mol. The van der Waals surface area contributed by atoms with Gasteiger partial charge in [-0.2, -0.15) is 5.10 Å². The zero-order valence-electron chi connectivity index (χ0n) is 17.6. The molecule has 0 spiro atoms. The van der Waals surface area contributed by atoms with Crippen molar-refractivity contribution in [3.63, 3.8) is 0 Å². The molecular weight excluding hydrogens is 383 g/mol. The molecule has 2 N–H and O–H groups in total. The minimum absolute atomic E-state index is 0.213. The van der Waals surface area contributed by atoms with Crippen LogP contribution >= 0.6 is 0 Å². The lowest BCUT2D eigenvalue weighted by Crippen LogP contribution is -2.34. The van der Waals surface area contributed by atoms with Gasteiger partial charge in [-0.05, 0) is 44.9 Å². The summed E-state index contributed by atoms with van der Waals surface area (Å²) in [5, 5.41) is 13.0. The fourth-order valence-corrected chi connectivity index (χ4v) is 4.22. The summed E-state index contributed by atoms with van der Waals surface area (Å²) in [4.78, 5) is 19.3. The number of pyridine rings is 1. The summed E-state index contributed by atoms with van der Waals surface area (Å²) in [7, 11) is 0. The lowest BCUT2D eigenvalue weighted by atomic mass is 9.75. The van der Waals surface area contributed by atoms with Crippen molar-refractivity contribution in [2.75, 3.05) is 0 Å². The molecule has 8 heteroatoms. The molecule has 30 heavy (non-hydrogen) atoms. The Morgan fingerprint density at radius 3 is 2.47 bits per heavy atom. The maximum Gasteiger partial charge on any atom is 0.252 e. The third-order valence-electron chi connectivity index (χ3n) is 6.01. The molecule has 0 bridgehead atoms. The van der Waals surface area contributed by atoms with E-state index in [1.54, 1.807) is 4.68 Å². The quantitative estimate of drug-likeness (QED) is 0.503. The average molecular weight is 408 g/mol. The summed E-state index contributed by atoms with van der Waals surface area (Å²) < 4.78 is 16.4. The molecule has 1 aromatic carbocycles.